The second-order valence-electron chi connectivity index (χ2n) is 6.11. The molecule has 1 N–H and O–H groups in total. The summed E-state index contributed by atoms with van der Waals surface area (Å²) in [5, 5.41) is 4.02. The fourth-order valence-corrected chi connectivity index (χ4v) is 4.55. The molecule has 1 aromatic carbocycles. The van der Waals surface area contributed by atoms with Crippen LogP contribution in [0.15, 0.2) is 30.6 Å². The van der Waals surface area contributed by atoms with Crippen LogP contribution in [0.2, 0.25) is 5.02 Å². The van der Waals surface area contributed by atoms with Crippen LogP contribution in [0.25, 0.3) is 0 Å². The van der Waals surface area contributed by atoms with Crippen LogP contribution in [0.4, 0.5) is 4.39 Å². The molecule has 1 aliphatic rings. The van der Waals surface area contributed by atoms with Crippen LogP contribution in [0.5, 0.6) is 0 Å². The van der Waals surface area contributed by atoms with Crippen LogP contribution in [-0.2, 0) is 27.6 Å². The van der Waals surface area contributed by atoms with Crippen molar-refractivity contribution in [1.29, 1.82) is 0 Å². The Hall–Kier alpha value is -1.48. The molecular weight excluding hydrogens is 369 g/mol. The Morgan fingerprint density at radius 2 is 2.28 bits per heavy atom. The molecule has 1 aromatic heterocycles. The van der Waals surface area contributed by atoms with E-state index in [-0.39, 0.29) is 22.9 Å². The zero-order valence-corrected chi connectivity index (χ0v) is 15.2. The highest BCUT2D eigenvalue weighted by molar-refractivity contribution is 7.88. The zero-order chi connectivity index (χ0) is 18.0. The lowest BCUT2D eigenvalue weighted by molar-refractivity contribution is -0.00447. The van der Waals surface area contributed by atoms with Gasteiger partial charge in [-0.1, -0.05) is 17.7 Å². The predicted octanol–water partition coefficient (Wildman–Crippen LogP) is 2.55. The molecule has 1 saturated heterocycles. The minimum atomic E-state index is -3.64. The maximum Gasteiger partial charge on any atom is 0.216 e. The Labute approximate surface area is 151 Å². The predicted molar refractivity (Wildman–Crippen MR) is 92.1 cm³/mol. The van der Waals surface area contributed by atoms with Gasteiger partial charge in [0.15, 0.2) is 0 Å². The van der Waals surface area contributed by atoms with E-state index in [0.29, 0.717) is 18.6 Å². The van der Waals surface area contributed by atoms with E-state index in [2.05, 4.69) is 9.82 Å². The zero-order valence-electron chi connectivity index (χ0n) is 13.7. The summed E-state index contributed by atoms with van der Waals surface area (Å²) in [6.07, 6.45) is 4.55. The van der Waals surface area contributed by atoms with E-state index in [1.807, 2.05) is 6.20 Å². The second-order valence-corrected chi connectivity index (χ2v) is 8.27. The summed E-state index contributed by atoms with van der Waals surface area (Å²) >= 11 is 5.72. The highest BCUT2D eigenvalue weighted by Crippen LogP contribution is 2.29. The van der Waals surface area contributed by atoms with Crippen LogP contribution < -0.4 is 4.72 Å². The molecule has 0 saturated carbocycles. The third kappa shape index (κ3) is 4.58. The largest absolute Gasteiger partial charge is 0.372 e. The summed E-state index contributed by atoms with van der Waals surface area (Å²) in [4.78, 5) is 0. The van der Waals surface area contributed by atoms with Gasteiger partial charge in [0.25, 0.3) is 0 Å². The fraction of sp³-hybridized carbons (Fsp3) is 0.438. The molecule has 9 heteroatoms. The first-order valence-electron chi connectivity index (χ1n) is 7.88. The standard InChI is InChI=1S/C16H19ClFN3O3S/c1-21-9-12(8-19-21)16-15(3-2-6-24-16)20-25(22,23)10-11-4-5-14(18)13(17)7-11/h4-5,7-9,15-16,20H,2-3,6,10H2,1H3/t15-,16+/m0/s1. The number of rotatable bonds is 5. The van der Waals surface area contributed by atoms with E-state index in [0.717, 1.165) is 18.1 Å². The molecule has 2 atom stereocenters. The summed E-state index contributed by atoms with van der Waals surface area (Å²) in [6.45, 7) is 0.575. The van der Waals surface area contributed by atoms with Gasteiger partial charge in [-0.3, -0.25) is 4.68 Å². The van der Waals surface area contributed by atoms with Crippen molar-refractivity contribution in [2.24, 2.45) is 7.05 Å². The number of hydrogen-bond acceptors (Lipinski definition) is 4. The Bertz CT molecular complexity index is 856. The van der Waals surface area contributed by atoms with Gasteiger partial charge in [-0.2, -0.15) is 5.10 Å². The van der Waals surface area contributed by atoms with Crippen LogP contribution in [0, 0.1) is 5.82 Å². The highest BCUT2D eigenvalue weighted by Gasteiger charge is 2.31. The molecule has 2 aromatic rings. The van der Waals surface area contributed by atoms with Crippen molar-refractivity contribution in [3.05, 3.63) is 52.6 Å². The molecule has 1 fully saturated rings. The quantitative estimate of drug-likeness (QED) is 0.855. The van der Waals surface area contributed by atoms with Gasteiger partial charge >= 0.3 is 0 Å². The number of benzene rings is 1. The first-order valence-corrected chi connectivity index (χ1v) is 9.91. The van der Waals surface area contributed by atoms with Gasteiger partial charge in [0, 0.05) is 25.4 Å². The fourth-order valence-electron chi connectivity index (χ4n) is 2.94. The average molecular weight is 388 g/mol. The molecule has 0 spiro atoms. The topological polar surface area (TPSA) is 73.2 Å². The average Bonchev–Trinajstić information content (AvgIpc) is 2.97. The lowest BCUT2D eigenvalue weighted by Crippen LogP contribution is -2.43. The molecule has 25 heavy (non-hydrogen) atoms. The lowest BCUT2D eigenvalue weighted by Gasteiger charge is -2.31. The molecule has 0 unspecified atom stereocenters. The SMILES string of the molecule is Cn1cc([C@H]2OCCC[C@@H]2NS(=O)(=O)Cc2ccc(F)c(Cl)c2)cn1. The number of aryl methyl sites for hydroxylation is 1. The normalized spacial score (nSPS) is 21.4. The smallest absolute Gasteiger partial charge is 0.216 e. The van der Waals surface area contributed by atoms with E-state index in [1.54, 1.807) is 17.9 Å². The summed E-state index contributed by atoms with van der Waals surface area (Å²) in [5.74, 6) is -0.850. The lowest BCUT2D eigenvalue weighted by atomic mass is 9.99. The number of nitrogens with zero attached hydrogens (tertiary/aromatic N) is 2. The molecule has 2 heterocycles. The molecule has 0 amide bonds. The summed E-state index contributed by atoms with van der Waals surface area (Å²) < 4.78 is 48.4. The van der Waals surface area contributed by atoms with E-state index < -0.39 is 15.8 Å². The van der Waals surface area contributed by atoms with Crippen LogP contribution in [0.1, 0.15) is 30.1 Å². The third-order valence-corrected chi connectivity index (χ3v) is 5.71. The molecule has 0 bridgehead atoms. The van der Waals surface area contributed by atoms with Crippen LogP contribution >= 0.6 is 11.6 Å². The van der Waals surface area contributed by atoms with Gasteiger partial charge in [0.1, 0.15) is 11.9 Å². The number of nitrogens with one attached hydrogen (secondary N) is 1. The molecule has 0 radical (unpaired) electrons. The maximum absolute atomic E-state index is 13.2. The van der Waals surface area contributed by atoms with Crippen molar-refractivity contribution in [3.8, 4) is 0 Å². The number of halogens is 2. The monoisotopic (exact) mass is 387 g/mol. The van der Waals surface area contributed by atoms with Gasteiger partial charge in [0.05, 0.1) is 23.0 Å². The van der Waals surface area contributed by atoms with Crippen molar-refractivity contribution in [1.82, 2.24) is 14.5 Å². The number of hydrogen-bond donors (Lipinski definition) is 1. The van der Waals surface area contributed by atoms with Gasteiger partial charge in [-0.25, -0.2) is 17.5 Å². The molecule has 1 aliphatic heterocycles. The Morgan fingerprint density at radius 3 is 2.96 bits per heavy atom. The van der Waals surface area contributed by atoms with Crippen LogP contribution in [0.3, 0.4) is 0 Å². The van der Waals surface area contributed by atoms with E-state index in [9.17, 15) is 12.8 Å². The Kier molecular flexibility index (Phi) is 5.43. The van der Waals surface area contributed by atoms with Gasteiger partial charge in [-0.05, 0) is 30.5 Å². The van der Waals surface area contributed by atoms with Gasteiger partial charge in [-0.15, -0.1) is 0 Å². The van der Waals surface area contributed by atoms with E-state index in [1.165, 1.54) is 12.1 Å². The number of sulfonamides is 1. The first-order chi connectivity index (χ1) is 11.8. The number of aromatic nitrogens is 2. The maximum atomic E-state index is 13.2. The molecule has 0 aliphatic carbocycles. The van der Waals surface area contributed by atoms with Gasteiger partial charge < -0.3 is 4.74 Å². The Balaban J connectivity index is 1.74. The van der Waals surface area contributed by atoms with Crippen molar-refractivity contribution in [3.63, 3.8) is 0 Å². The third-order valence-electron chi connectivity index (χ3n) is 4.05. The summed E-state index contributed by atoms with van der Waals surface area (Å²) in [5.41, 5.74) is 1.26. The minimum Gasteiger partial charge on any atom is -0.372 e. The van der Waals surface area contributed by atoms with Crippen LogP contribution in [-0.4, -0.2) is 30.8 Å². The molecule has 136 valence electrons. The molecule has 3 rings (SSSR count). The summed E-state index contributed by atoms with van der Waals surface area (Å²) in [7, 11) is -1.84. The Morgan fingerprint density at radius 1 is 1.48 bits per heavy atom. The highest BCUT2D eigenvalue weighted by atomic mass is 35.5. The first kappa shape index (κ1) is 18.3. The van der Waals surface area contributed by atoms with Crippen molar-refractivity contribution >= 4 is 21.6 Å². The summed E-state index contributed by atoms with van der Waals surface area (Å²) in [6, 6.07) is 3.52. The van der Waals surface area contributed by atoms with E-state index in [4.69, 9.17) is 16.3 Å². The van der Waals surface area contributed by atoms with Crippen molar-refractivity contribution in [2.45, 2.75) is 30.7 Å². The second kappa shape index (κ2) is 7.41. The van der Waals surface area contributed by atoms with Crippen molar-refractivity contribution in [2.75, 3.05) is 6.61 Å². The molecule has 6 nitrogen and oxygen atoms in total. The number of ether oxygens (including phenoxy) is 1. The molecular formula is C16H19ClFN3O3S. The van der Waals surface area contributed by atoms with E-state index >= 15 is 0 Å². The van der Waals surface area contributed by atoms with Gasteiger partial charge in [0.2, 0.25) is 10.0 Å². The minimum absolute atomic E-state index is 0.0954. The van der Waals surface area contributed by atoms with Crippen molar-refractivity contribution < 1.29 is 17.5 Å².